The second-order valence-corrected chi connectivity index (χ2v) is 4.03. The summed E-state index contributed by atoms with van der Waals surface area (Å²) in [6.45, 7) is 2.05. The molecule has 0 spiro atoms. The van der Waals surface area contributed by atoms with Crippen molar-refractivity contribution in [2.45, 2.75) is 6.92 Å². The Morgan fingerprint density at radius 2 is 2.05 bits per heavy atom. The number of ether oxygens (including phenoxy) is 3. The van der Waals surface area contributed by atoms with Gasteiger partial charge in [0.2, 0.25) is 12.7 Å². The first-order valence-electron chi connectivity index (χ1n) is 5.71. The van der Waals surface area contributed by atoms with Crippen LogP contribution in [0.2, 0.25) is 0 Å². The van der Waals surface area contributed by atoms with Gasteiger partial charge in [0.25, 0.3) is 0 Å². The second kappa shape index (κ2) is 4.50. The highest BCUT2D eigenvalue weighted by Crippen LogP contribution is 2.36. The molecule has 0 N–H and O–H groups in total. The van der Waals surface area contributed by atoms with Gasteiger partial charge in [0.1, 0.15) is 17.4 Å². The van der Waals surface area contributed by atoms with Crippen LogP contribution in [0.25, 0.3) is 0 Å². The van der Waals surface area contributed by atoms with E-state index in [1.165, 1.54) is 0 Å². The van der Waals surface area contributed by atoms with Crippen molar-refractivity contribution in [2.75, 3.05) is 6.79 Å². The van der Waals surface area contributed by atoms with E-state index < -0.39 is 0 Å². The molecule has 0 bridgehead atoms. The standard InChI is InChI=1S/C14H10N2O3/c1-9-2-3-10(7-15)14(16-9)19-11-4-5-12-13(6-11)18-8-17-12/h2-6H,8H2,1H3. The van der Waals surface area contributed by atoms with Crippen molar-refractivity contribution < 1.29 is 14.2 Å². The molecule has 3 rings (SSSR count). The largest absolute Gasteiger partial charge is 0.454 e. The number of benzene rings is 1. The van der Waals surface area contributed by atoms with Gasteiger partial charge in [-0.2, -0.15) is 5.26 Å². The molecule has 1 aromatic heterocycles. The summed E-state index contributed by atoms with van der Waals surface area (Å²) in [5.74, 6) is 2.16. The molecule has 1 aliphatic rings. The molecule has 1 aliphatic heterocycles. The predicted molar refractivity (Wildman–Crippen MR) is 66.3 cm³/mol. The summed E-state index contributed by atoms with van der Waals surface area (Å²) in [5.41, 5.74) is 1.18. The van der Waals surface area contributed by atoms with Gasteiger partial charge >= 0.3 is 0 Å². The maximum atomic E-state index is 9.03. The van der Waals surface area contributed by atoms with Crippen LogP contribution in [-0.2, 0) is 0 Å². The van der Waals surface area contributed by atoms with Crippen molar-refractivity contribution in [3.63, 3.8) is 0 Å². The number of hydrogen-bond donors (Lipinski definition) is 0. The first kappa shape index (κ1) is 11.4. The van der Waals surface area contributed by atoms with E-state index >= 15 is 0 Å². The molecule has 2 aromatic rings. The smallest absolute Gasteiger partial charge is 0.237 e. The molecule has 0 amide bonds. The fourth-order valence-corrected chi connectivity index (χ4v) is 1.75. The zero-order chi connectivity index (χ0) is 13.2. The van der Waals surface area contributed by atoms with E-state index in [2.05, 4.69) is 11.1 Å². The average molecular weight is 254 g/mol. The Bertz CT molecular complexity index is 677. The number of hydrogen-bond acceptors (Lipinski definition) is 5. The van der Waals surface area contributed by atoms with Crippen LogP contribution in [0.5, 0.6) is 23.1 Å². The van der Waals surface area contributed by atoms with Crippen LogP contribution >= 0.6 is 0 Å². The van der Waals surface area contributed by atoms with Gasteiger partial charge < -0.3 is 14.2 Å². The predicted octanol–water partition coefficient (Wildman–Crippen LogP) is 2.78. The van der Waals surface area contributed by atoms with Gasteiger partial charge in [-0.25, -0.2) is 4.98 Å². The summed E-state index contributed by atoms with van der Waals surface area (Å²) in [7, 11) is 0. The van der Waals surface area contributed by atoms with Gasteiger partial charge in [0, 0.05) is 11.8 Å². The van der Waals surface area contributed by atoms with Gasteiger partial charge in [-0.05, 0) is 31.2 Å². The van der Waals surface area contributed by atoms with Crippen molar-refractivity contribution in [3.8, 4) is 29.2 Å². The molecule has 2 heterocycles. The van der Waals surface area contributed by atoms with Gasteiger partial charge in [-0.1, -0.05) is 0 Å². The number of fused-ring (bicyclic) bond motifs is 1. The van der Waals surface area contributed by atoms with Crippen LogP contribution in [-0.4, -0.2) is 11.8 Å². The Morgan fingerprint density at radius 3 is 2.89 bits per heavy atom. The summed E-state index contributed by atoms with van der Waals surface area (Å²) < 4.78 is 16.1. The third kappa shape index (κ3) is 2.16. The molecule has 0 atom stereocenters. The lowest BCUT2D eigenvalue weighted by Crippen LogP contribution is -1.94. The van der Waals surface area contributed by atoms with E-state index in [9.17, 15) is 0 Å². The highest BCUT2D eigenvalue weighted by Gasteiger charge is 2.15. The summed E-state index contributed by atoms with van der Waals surface area (Å²) in [5, 5.41) is 9.03. The van der Waals surface area contributed by atoms with Gasteiger partial charge in [0.05, 0.1) is 0 Å². The molecule has 0 radical (unpaired) electrons. The number of nitriles is 1. The zero-order valence-corrected chi connectivity index (χ0v) is 10.2. The van der Waals surface area contributed by atoms with Crippen LogP contribution in [0, 0.1) is 18.3 Å². The zero-order valence-electron chi connectivity index (χ0n) is 10.2. The molecule has 0 saturated carbocycles. The Morgan fingerprint density at radius 1 is 1.21 bits per heavy atom. The molecule has 1 aromatic carbocycles. The van der Waals surface area contributed by atoms with Crippen LogP contribution in [0.15, 0.2) is 30.3 Å². The summed E-state index contributed by atoms with van der Waals surface area (Å²) in [4.78, 5) is 4.22. The number of nitrogens with zero attached hydrogens (tertiary/aromatic N) is 2. The molecule has 19 heavy (non-hydrogen) atoms. The van der Waals surface area contributed by atoms with Crippen LogP contribution in [0.1, 0.15) is 11.3 Å². The molecular formula is C14H10N2O3. The van der Waals surface area contributed by atoms with E-state index in [0.717, 1.165) is 5.69 Å². The Labute approximate surface area is 110 Å². The van der Waals surface area contributed by atoms with Crippen molar-refractivity contribution in [3.05, 3.63) is 41.6 Å². The third-order valence-electron chi connectivity index (χ3n) is 2.68. The highest BCUT2D eigenvalue weighted by atomic mass is 16.7. The van der Waals surface area contributed by atoms with Gasteiger partial charge in [-0.3, -0.25) is 0 Å². The van der Waals surface area contributed by atoms with Crippen molar-refractivity contribution in [2.24, 2.45) is 0 Å². The fourth-order valence-electron chi connectivity index (χ4n) is 1.75. The second-order valence-electron chi connectivity index (χ2n) is 4.03. The Balaban J connectivity index is 1.93. The van der Waals surface area contributed by atoms with E-state index in [4.69, 9.17) is 19.5 Å². The van der Waals surface area contributed by atoms with Crippen LogP contribution in [0.4, 0.5) is 0 Å². The fraction of sp³-hybridized carbons (Fsp3) is 0.143. The van der Waals surface area contributed by atoms with Crippen LogP contribution in [0.3, 0.4) is 0 Å². The quantitative estimate of drug-likeness (QED) is 0.824. The number of rotatable bonds is 2. The lowest BCUT2D eigenvalue weighted by atomic mass is 10.2. The van der Waals surface area contributed by atoms with Crippen molar-refractivity contribution in [1.29, 1.82) is 5.26 Å². The lowest BCUT2D eigenvalue weighted by molar-refractivity contribution is 0.174. The molecule has 0 aliphatic carbocycles. The van der Waals surface area contributed by atoms with Crippen LogP contribution < -0.4 is 14.2 Å². The summed E-state index contributed by atoms with van der Waals surface area (Å²) >= 11 is 0. The van der Waals surface area contributed by atoms with E-state index in [1.54, 1.807) is 30.3 Å². The molecule has 0 fully saturated rings. The monoisotopic (exact) mass is 254 g/mol. The molecule has 5 nitrogen and oxygen atoms in total. The lowest BCUT2D eigenvalue weighted by Gasteiger charge is -2.07. The topological polar surface area (TPSA) is 64.4 Å². The summed E-state index contributed by atoms with van der Waals surface area (Å²) in [6.07, 6.45) is 0. The molecule has 0 unspecified atom stereocenters. The maximum absolute atomic E-state index is 9.03. The Kier molecular flexibility index (Phi) is 2.69. The third-order valence-corrected chi connectivity index (χ3v) is 2.68. The van der Waals surface area contributed by atoms with E-state index in [1.807, 2.05) is 6.92 Å². The van der Waals surface area contributed by atoms with Crippen molar-refractivity contribution >= 4 is 0 Å². The highest BCUT2D eigenvalue weighted by molar-refractivity contribution is 5.49. The minimum Gasteiger partial charge on any atom is -0.454 e. The first-order chi connectivity index (χ1) is 9.26. The minimum absolute atomic E-state index is 0.213. The first-order valence-corrected chi connectivity index (χ1v) is 5.71. The SMILES string of the molecule is Cc1ccc(C#N)c(Oc2ccc3c(c2)OCO3)n1. The molecule has 0 saturated heterocycles. The minimum atomic E-state index is 0.213. The van der Waals surface area contributed by atoms with E-state index in [0.29, 0.717) is 28.7 Å². The van der Waals surface area contributed by atoms with E-state index in [-0.39, 0.29) is 6.79 Å². The molecule has 5 heteroatoms. The average Bonchev–Trinajstić information content (AvgIpc) is 2.86. The maximum Gasteiger partial charge on any atom is 0.237 e. The molecule has 94 valence electrons. The number of aryl methyl sites for hydroxylation is 1. The van der Waals surface area contributed by atoms with Gasteiger partial charge in [-0.15, -0.1) is 0 Å². The summed E-state index contributed by atoms with van der Waals surface area (Å²) in [6, 6.07) is 10.7. The Hall–Kier alpha value is -2.74. The van der Waals surface area contributed by atoms with Gasteiger partial charge in [0.15, 0.2) is 11.5 Å². The number of pyridine rings is 1. The molecular weight excluding hydrogens is 244 g/mol. The normalized spacial score (nSPS) is 12.0. The van der Waals surface area contributed by atoms with Crippen molar-refractivity contribution in [1.82, 2.24) is 4.98 Å². The number of aromatic nitrogens is 1.